The number of imide groups is 1. The first-order valence-electron chi connectivity index (χ1n) is 9.26. The van der Waals surface area contributed by atoms with Gasteiger partial charge in [0.15, 0.2) is 0 Å². The topological polar surface area (TPSA) is 96.0 Å². The average molecular weight is 496 g/mol. The fourth-order valence-corrected chi connectivity index (χ4v) is 4.75. The number of benzene rings is 2. The predicted octanol–water partition coefficient (Wildman–Crippen LogP) is 1.72. The molecule has 2 aromatic carbocycles. The Balaban J connectivity index is 1.50. The Bertz CT molecular complexity index is 1000. The minimum atomic E-state index is -3.57. The van der Waals surface area contributed by atoms with Crippen LogP contribution in [-0.4, -0.2) is 69.3 Å². The van der Waals surface area contributed by atoms with Gasteiger partial charge in [0, 0.05) is 36.2 Å². The van der Waals surface area contributed by atoms with Gasteiger partial charge in [-0.1, -0.05) is 15.9 Å². The van der Waals surface area contributed by atoms with Gasteiger partial charge in [-0.3, -0.25) is 19.8 Å². The molecule has 0 aromatic heterocycles. The maximum atomic E-state index is 12.7. The highest BCUT2D eigenvalue weighted by Gasteiger charge is 2.29. The van der Waals surface area contributed by atoms with Crippen LogP contribution in [0.4, 0.5) is 0 Å². The molecular weight excluding hydrogens is 474 g/mol. The molecule has 10 heteroatoms. The number of carbonyl (C=O) groups excluding carboxylic acids is 2. The summed E-state index contributed by atoms with van der Waals surface area (Å²) in [6.07, 6.45) is 0. The number of hydrogen-bond acceptors (Lipinski definition) is 6. The third kappa shape index (κ3) is 5.45. The number of sulfonamides is 1. The number of methoxy groups -OCH3 is 1. The van der Waals surface area contributed by atoms with E-state index in [0.717, 1.165) is 4.47 Å². The van der Waals surface area contributed by atoms with Crippen molar-refractivity contribution in [3.63, 3.8) is 0 Å². The predicted molar refractivity (Wildman–Crippen MR) is 115 cm³/mol. The molecule has 30 heavy (non-hydrogen) atoms. The first kappa shape index (κ1) is 22.4. The van der Waals surface area contributed by atoms with Crippen LogP contribution in [-0.2, 0) is 14.8 Å². The molecule has 8 nitrogen and oxygen atoms in total. The minimum Gasteiger partial charge on any atom is -0.497 e. The largest absolute Gasteiger partial charge is 0.497 e. The highest BCUT2D eigenvalue weighted by atomic mass is 79.9. The lowest BCUT2D eigenvalue weighted by Gasteiger charge is -2.33. The smallest absolute Gasteiger partial charge is 0.257 e. The lowest BCUT2D eigenvalue weighted by molar-refractivity contribution is -0.121. The van der Waals surface area contributed by atoms with Crippen LogP contribution >= 0.6 is 15.9 Å². The highest BCUT2D eigenvalue weighted by molar-refractivity contribution is 9.10. The second kappa shape index (κ2) is 9.69. The molecule has 0 saturated carbocycles. The normalized spacial score (nSPS) is 15.5. The molecule has 0 atom stereocenters. The Morgan fingerprint density at radius 2 is 1.60 bits per heavy atom. The van der Waals surface area contributed by atoms with Crippen LogP contribution in [0.3, 0.4) is 0 Å². The number of nitrogens with zero attached hydrogens (tertiary/aromatic N) is 2. The van der Waals surface area contributed by atoms with Gasteiger partial charge in [-0.2, -0.15) is 4.31 Å². The zero-order valence-corrected chi connectivity index (χ0v) is 18.8. The molecule has 0 radical (unpaired) electrons. The van der Waals surface area contributed by atoms with E-state index in [1.54, 1.807) is 48.5 Å². The molecular formula is C20H22BrN3O5S. The van der Waals surface area contributed by atoms with Crippen molar-refractivity contribution in [1.29, 1.82) is 0 Å². The molecule has 0 spiro atoms. The van der Waals surface area contributed by atoms with Crippen molar-refractivity contribution < 1.29 is 22.7 Å². The molecule has 1 aliphatic heterocycles. The summed E-state index contributed by atoms with van der Waals surface area (Å²) in [7, 11) is -2.04. The summed E-state index contributed by atoms with van der Waals surface area (Å²) in [5, 5.41) is 2.36. The fourth-order valence-electron chi connectivity index (χ4n) is 3.07. The van der Waals surface area contributed by atoms with Crippen molar-refractivity contribution >= 4 is 37.8 Å². The number of ether oxygens (including phenoxy) is 1. The third-order valence-corrected chi connectivity index (χ3v) is 7.20. The first-order valence-corrected chi connectivity index (χ1v) is 11.5. The van der Waals surface area contributed by atoms with Gasteiger partial charge in [-0.05, 0) is 48.5 Å². The van der Waals surface area contributed by atoms with Gasteiger partial charge in [0.25, 0.3) is 5.91 Å². The number of halogens is 1. The molecule has 2 amide bonds. The van der Waals surface area contributed by atoms with Crippen LogP contribution in [0, 0.1) is 0 Å². The van der Waals surface area contributed by atoms with E-state index in [2.05, 4.69) is 21.2 Å². The monoisotopic (exact) mass is 495 g/mol. The quantitative estimate of drug-likeness (QED) is 0.655. The molecule has 0 aliphatic carbocycles. The van der Waals surface area contributed by atoms with Crippen molar-refractivity contribution in [2.75, 3.05) is 39.8 Å². The van der Waals surface area contributed by atoms with E-state index in [-0.39, 0.29) is 24.5 Å². The van der Waals surface area contributed by atoms with Crippen molar-refractivity contribution in [2.45, 2.75) is 4.90 Å². The zero-order chi connectivity index (χ0) is 21.7. The van der Waals surface area contributed by atoms with E-state index in [1.165, 1.54) is 11.4 Å². The Hall–Kier alpha value is -2.27. The summed E-state index contributed by atoms with van der Waals surface area (Å²) in [5.74, 6) is -0.298. The number of rotatable bonds is 6. The van der Waals surface area contributed by atoms with Crippen LogP contribution in [0.2, 0.25) is 0 Å². The number of hydrogen-bond donors (Lipinski definition) is 1. The minimum absolute atomic E-state index is 0.0219. The molecule has 3 rings (SSSR count). The van der Waals surface area contributed by atoms with Gasteiger partial charge < -0.3 is 4.74 Å². The molecule has 1 fully saturated rings. The molecule has 2 aromatic rings. The molecule has 0 bridgehead atoms. The van der Waals surface area contributed by atoms with E-state index < -0.39 is 21.8 Å². The zero-order valence-electron chi connectivity index (χ0n) is 16.4. The van der Waals surface area contributed by atoms with E-state index >= 15 is 0 Å². The van der Waals surface area contributed by atoms with Crippen molar-refractivity contribution in [3.05, 3.63) is 58.6 Å². The molecule has 0 unspecified atom stereocenters. The van der Waals surface area contributed by atoms with Crippen LogP contribution < -0.4 is 10.1 Å². The number of nitrogens with one attached hydrogen (secondary N) is 1. The fraction of sp³-hybridized carbons (Fsp3) is 0.300. The van der Waals surface area contributed by atoms with Crippen LogP contribution in [0.5, 0.6) is 5.75 Å². The van der Waals surface area contributed by atoms with Crippen LogP contribution in [0.15, 0.2) is 57.9 Å². The van der Waals surface area contributed by atoms with Crippen molar-refractivity contribution in [1.82, 2.24) is 14.5 Å². The van der Waals surface area contributed by atoms with Gasteiger partial charge in [0.2, 0.25) is 15.9 Å². The molecule has 1 saturated heterocycles. The van der Waals surface area contributed by atoms with Gasteiger partial charge in [-0.25, -0.2) is 8.42 Å². The van der Waals surface area contributed by atoms with Gasteiger partial charge in [0.1, 0.15) is 5.75 Å². The summed E-state index contributed by atoms with van der Waals surface area (Å²) < 4.78 is 32.7. The second-order valence-corrected chi connectivity index (χ2v) is 9.59. The maximum Gasteiger partial charge on any atom is 0.257 e. The Morgan fingerprint density at radius 1 is 1.00 bits per heavy atom. The van der Waals surface area contributed by atoms with Gasteiger partial charge in [0.05, 0.1) is 18.6 Å². The molecule has 160 valence electrons. The molecule has 1 N–H and O–H groups in total. The number of piperazine rings is 1. The molecule has 1 heterocycles. The van der Waals surface area contributed by atoms with Crippen LogP contribution in [0.1, 0.15) is 10.4 Å². The second-order valence-electron chi connectivity index (χ2n) is 6.74. The van der Waals surface area contributed by atoms with Crippen molar-refractivity contribution in [2.24, 2.45) is 0 Å². The van der Waals surface area contributed by atoms with E-state index in [0.29, 0.717) is 24.4 Å². The van der Waals surface area contributed by atoms with E-state index in [1.807, 2.05) is 4.90 Å². The van der Waals surface area contributed by atoms with Crippen LogP contribution in [0.25, 0.3) is 0 Å². The summed E-state index contributed by atoms with van der Waals surface area (Å²) in [4.78, 5) is 26.5. The van der Waals surface area contributed by atoms with E-state index in [9.17, 15) is 18.0 Å². The Labute approximate surface area is 184 Å². The standard InChI is InChI=1S/C20H22BrN3O5S/c1-29-17-6-2-15(3-7-17)20(26)22-19(25)14-23-10-12-24(13-11-23)30(27,28)18-8-4-16(21)5-9-18/h2-9H,10-14H2,1H3,(H,22,25,26). The maximum absolute atomic E-state index is 12.7. The van der Waals surface area contributed by atoms with Gasteiger partial charge >= 0.3 is 0 Å². The summed E-state index contributed by atoms with van der Waals surface area (Å²) in [5.41, 5.74) is 0.356. The number of amides is 2. The summed E-state index contributed by atoms with van der Waals surface area (Å²) in [6, 6.07) is 12.9. The Morgan fingerprint density at radius 3 is 2.17 bits per heavy atom. The lowest BCUT2D eigenvalue weighted by Crippen LogP contribution is -2.51. The first-order chi connectivity index (χ1) is 14.3. The third-order valence-electron chi connectivity index (χ3n) is 4.76. The SMILES string of the molecule is COc1ccc(C(=O)NC(=O)CN2CCN(S(=O)(=O)c3ccc(Br)cc3)CC2)cc1. The summed E-state index contributed by atoms with van der Waals surface area (Å²) in [6.45, 7) is 1.38. The van der Waals surface area contributed by atoms with Crippen molar-refractivity contribution in [3.8, 4) is 5.75 Å². The highest BCUT2D eigenvalue weighted by Crippen LogP contribution is 2.20. The van der Waals surface area contributed by atoms with E-state index in [4.69, 9.17) is 4.74 Å². The summed E-state index contributed by atoms with van der Waals surface area (Å²) >= 11 is 3.29. The molecule has 1 aliphatic rings. The Kier molecular flexibility index (Phi) is 7.24. The lowest BCUT2D eigenvalue weighted by atomic mass is 10.2. The average Bonchev–Trinajstić information content (AvgIpc) is 2.74. The number of carbonyl (C=O) groups is 2. The van der Waals surface area contributed by atoms with Gasteiger partial charge in [-0.15, -0.1) is 0 Å².